The lowest BCUT2D eigenvalue weighted by Gasteiger charge is -2.06. The van der Waals surface area contributed by atoms with Gasteiger partial charge in [0.25, 0.3) is 0 Å². The monoisotopic (exact) mass is 335 g/mol. The van der Waals surface area contributed by atoms with Crippen LogP contribution in [0, 0.1) is 6.92 Å². The predicted molar refractivity (Wildman–Crippen MR) is 107 cm³/mol. The number of nitrogens with zero attached hydrogens (tertiary/aromatic N) is 3. The third-order valence-electron chi connectivity index (χ3n) is 4.79. The second-order valence-corrected chi connectivity index (χ2v) is 6.50. The minimum absolute atomic E-state index is 0.884. The first-order valence-corrected chi connectivity index (χ1v) is 8.69. The van der Waals surface area contributed by atoms with E-state index in [4.69, 9.17) is 0 Å². The van der Waals surface area contributed by atoms with Crippen molar-refractivity contribution >= 4 is 21.9 Å². The van der Waals surface area contributed by atoms with Gasteiger partial charge in [-0.2, -0.15) is 0 Å². The predicted octanol–water partition coefficient (Wildman–Crippen LogP) is 5.55. The van der Waals surface area contributed by atoms with E-state index in [2.05, 4.69) is 70.0 Å². The molecule has 3 nitrogen and oxygen atoms in total. The summed E-state index contributed by atoms with van der Waals surface area (Å²) < 4.78 is 2.13. The van der Waals surface area contributed by atoms with Crippen LogP contribution in [0.25, 0.3) is 38.9 Å². The molecule has 124 valence electrons. The van der Waals surface area contributed by atoms with Crippen molar-refractivity contribution in [1.29, 1.82) is 0 Å². The summed E-state index contributed by atoms with van der Waals surface area (Å²) in [4.78, 5) is 9.17. The molecule has 0 fully saturated rings. The van der Waals surface area contributed by atoms with E-state index in [1.807, 2.05) is 36.7 Å². The van der Waals surface area contributed by atoms with Crippen LogP contribution in [0.4, 0.5) is 0 Å². The van der Waals surface area contributed by atoms with Crippen molar-refractivity contribution in [2.24, 2.45) is 0 Å². The molecule has 3 aromatic heterocycles. The number of rotatable bonds is 2. The minimum Gasteiger partial charge on any atom is -0.278 e. The van der Waals surface area contributed by atoms with E-state index in [0.717, 1.165) is 22.4 Å². The summed E-state index contributed by atoms with van der Waals surface area (Å²) in [5.74, 6) is 0.884. The van der Waals surface area contributed by atoms with Gasteiger partial charge in [0.05, 0.1) is 5.52 Å². The Morgan fingerprint density at radius 3 is 2.31 bits per heavy atom. The van der Waals surface area contributed by atoms with Gasteiger partial charge in [-0.3, -0.25) is 4.57 Å². The lowest BCUT2D eigenvalue weighted by molar-refractivity contribution is 1.06. The van der Waals surface area contributed by atoms with Gasteiger partial charge in [0.1, 0.15) is 11.5 Å². The van der Waals surface area contributed by atoms with Crippen LogP contribution in [0.1, 0.15) is 5.56 Å². The second kappa shape index (κ2) is 5.81. The molecule has 0 radical (unpaired) electrons. The Bertz CT molecular complexity index is 1220. The van der Waals surface area contributed by atoms with Crippen molar-refractivity contribution in [3.63, 3.8) is 0 Å². The lowest BCUT2D eigenvalue weighted by Crippen LogP contribution is -1.97. The zero-order chi connectivity index (χ0) is 17.5. The van der Waals surface area contributed by atoms with Gasteiger partial charge in [-0.05, 0) is 54.4 Å². The quantitative estimate of drug-likeness (QED) is 0.423. The molecule has 0 saturated heterocycles. The Hall–Kier alpha value is -3.46. The largest absolute Gasteiger partial charge is 0.278 e. The Balaban J connectivity index is 1.82. The third kappa shape index (κ3) is 2.29. The Morgan fingerprint density at radius 1 is 0.692 bits per heavy atom. The van der Waals surface area contributed by atoms with Gasteiger partial charge >= 0.3 is 0 Å². The van der Waals surface area contributed by atoms with Crippen molar-refractivity contribution in [2.45, 2.75) is 6.92 Å². The highest BCUT2D eigenvalue weighted by Crippen LogP contribution is 2.33. The number of hydrogen-bond acceptors (Lipinski definition) is 2. The van der Waals surface area contributed by atoms with E-state index in [0.29, 0.717) is 0 Å². The summed E-state index contributed by atoms with van der Waals surface area (Å²) in [5.41, 5.74) is 5.75. The molecular weight excluding hydrogens is 318 g/mol. The number of benzene rings is 2. The molecule has 0 aliphatic rings. The summed E-state index contributed by atoms with van der Waals surface area (Å²) in [6, 6.07) is 25.3. The summed E-state index contributed by atoms with van der Waals surface area (Å²) in [6.07, 6.45) is 3.65. The van der Waals surface area contributed by atoms with Gasteiger partial charge < -0.3 is 0 Å². The first-order valence-electron chi connectivity index (χ1n) is 8.69. The lowest BCUT2D eigenvalue weighted by atomic mass is 10.0. The molecule has 5 aromatic rings. The molecule has 0 amide bonds. The molecule has 0 N–H and O–H groups in total. The molecule has 0 bridgehead atoms. The molecule has 0 atom stereocenters. The highest BCUT2D eigenvalue weighted by Gasteiger charge is 2.14. The van der Waals surface area contributed by atoms with Crippen LogP contribution in [0.3, 0.4) is 0 Å². The van der Waals surface area contributed by atoms with Crippen LogP contribution >= 0.6 is 0 Å². The van der Waals surface area contributed by atoms with Crippen LogP contribution in [-0.2, 0) is 0 Å². The van der Waals surface area contributed by atoms with Gasteiger partial charge in [0.2, 0.25) is 0 Å². The highest BCUT2D eigenvalue weighted by atomic mass is 15.1. The van der Waals surface area contributed by atoms with E-state index < -0.39 is 0 Å². The molecule has 5 rings (SSSR count). The Kier molecular flexibility index (Phi) is 3.32. The van der Waals surface area contributed by atoms with Crippen LogP contribution in [0.2, 0.25) is 0 Å². The molecule has 0 spiro atoms. The maximum atomic E-state index is 4.63. The molecule has 3 heterocycles. The van der Waals surface area contributed by atoms with Gasteiger partial charge in [-0.1, -0.05) is 42.0 Å². The summed E-state index contributed by atoms with van der Waals surface area (Å²) in [7, 11) is 0. The first-order chi connectivity index (χ1) is 12.8. The number of pyridine rings is 2. The van der Waals surface area contributed by atoms with Gasteiger partial charge in [0, 0.05) is 23.2 Å². The summed E-state index contributed by atoms with van der Waals surface area (Å²) >= 11 is 0. The van der Waals surface area contributed by atoms with Gasteiger partial charge in [0.15, 0.2) is 0 Å². The number of fused-ring (bicyclic) bond motifs is 3. The topological polar surface area (TPSA) is 30.7 Å². The van der Waals surface area contributed by atoms with Gasteiger partial charge in [-0.15, -0.1) is 0 Å². The van der Waals surface area contributed by atoms with Crippen molar-refractivity contribution in [3.05, 3.63) is 90.8 Å². The van der Waals surface area contributed by atoms with E-state index in [9.17, 15) is 0 Å². The zero-order valence-electron chi connectivity index (χ0n) is 14.4. The van der Waals surface area contributed by atoms with E-state index in [1.54, 1.807) is 0 Å². The number of aromatic nitrogens is 3. The number of aryl methyl sites for hydroxylation is 1. The fraction of sp³-hybridized carbons (Fsp3) is 0.0435. The summed E-state index contributed by atoms with van der Waals surface area (Å²) in [5, 5.41) is 2.33. The standard InChI is InChI=1S/C23H17N3/c1-16-7-9-17(10-8-16)18-11-12-21-20(15-18)19-5-4-14-25-23(19)26(21)22-6-2-3-13-24-22/h2-15H,1H3. The summed E-state index contributed by atoms with van der Waals surface area (Å²) in [6.45, 7) is 2.11. The Labute approximate surface area is 151 Å². The maximum Gasteiger partial charge on any atom is 0.146 e. The van der Waals surface area contributed by atoms with Crippen molar-refractivity contribution in [3.8, 4) is 16.9 Å². The van der Waals surface area contributed by atoms with E-state index in [1.165, 1.54) is 22.1 Å². The van der Waals surface area contributed by atoms with Crippen molar-refractivity contribution in [1.82, 2.24) is 14.5 Å². The fourth-order valence-corrected chi connectivity index (χ4v) is 3.49. The molecular formula is C23H17N3. The highest BCUT2D eigenvalue weighted by molar-refractivity contribution is 6.09. The van der Waals surface area contributed by atoms with Crippen molar-refractivity contribution < 1.29 is 0 Å². The Morgan fingerprint density at radius 2 is 1.50 bits per heavy atom. The zero-order valence-corrected chi connectivity index (χ0v) is 14.4. The van der Waals surface area contributed by atoms with E-state index in [-0.39, 0.29) is 0 Å². The molecule has 0 aliphatic carbocycles. The third-order valence-corrected chi connectivity index (χ3v) is 4.79. The average molecular weight is 335 g/mol. The smallest absolute Gasteiger partial charge is 0.146 e. The minimum atomic E-state index is 0.884. The molecule has 0 saturated carbocycles. The number of hydrogen-bond donors (Lipinski definition) is 0. The SMILES string of the molecule is Cc1ccc(-c2ccc3c(c2)c2cccnc2n3-c2ccccn2)cc1. The molecule has 3 heteroatoms. The molecule has 0 unspecified atom stereocenters. The van der Waals surface area contributed by atoms with Crippen molar-refractivity contribution in [2.75, 3.05) is 0 Å². The normalized spacial score (nSPS) is 11.3. The molecule has 26 heavy (non-hydrogen) atoms. The van der Waals surface area contributed by atoms with Crippen LogP contribution in [0.15, 0.2) is 85.2 Å². The maximum absolute atomic E-state index is 4.63. The van der Waals surface area contributed by atoms with Crippen LogP contribution in [-0.4, -0.2) is 14.5 Å². The average Bonchev–Trinajstić information content (AvgIpc) is 3.03. The first kappa shape index (κ1) is 14.8. The van der Waals surface area contributed by atoms with Gasteiger partial charge in [-0.25, -0.2) is 9.97 Å². The van der Waals surface area contributed by atoms with Crippen LogP contribution in [0.5, 0.6) is 0 Å². The van der Waals surface area contributed by atoms with E-state index >= 15 is 0 Å². The molecule has 2 aromatic carbocycles. The second-order valence-electron chi connectivity index (χ2n) is 6.50. The molecule has 0 aliphatic heterocycles. The van der Waals surface area contributed by atoms with Crippen LogP contribution < -0.4 is 0 Å². The fourth-order valence-electron chi connectivity index (χ4n) is 3.49.